The molecule has 0 saturated carbocycles. The molecule has 0 fully saturated rings. The van der Waals surface area contributed by atoms with E-state index in [4.69, 9.17) is 11.6 Å². The predicted octanol–water partition coefficient (Wildman–Crippen LogP) is 0.146. The molecule has 0 spiro atoms. The average molecular weight is 262 g/mol. The van der Waals surface area contributed by atoms with Gasteiger partial charge >= 0.3 is 0 Å². The first kappa shape index (κ1) is 11.2. The minimum atomic E-state index is -3.13. The molecule has 2 N–H and O–H groups in total. The topological polar surface area (TPSA) is 91.9 Å². The molecule has 2 heterocycles. The van der Waals surface area contributed by atoms with Crippen LogP contribution in [0.4, 0.5) is 5.69 Å². The van der Waals surface area contributed by atoms with Crippen LogP contribution in [-0.4, -0.2) is 30.4 Å². The molecule has 0 bridgehead atoms. The summed E-state index contributed by atoms with van der Waals surface area (Å²) in [5.74, 6) is -0.0455. The Morgan fingerprint density at radius 1 is 1.56 bits per heavy atom. The third-order valence-electron chi connectivity index (χ3n) is 2.07. The third kappa shape index (κ3) is 2.25. The van der Waals surface area contributed by atoms with Gasteiger partial charge in [0.25, 0.3) is 5.56 Å². The number of anilines is 1. The highest BCUT2D eigenvalue weighted by Crippen LogP contribution is 2.19. The molecule has 0 aromatic carbocycles. The zero-order valence-corrected chi connectivity index (χ0v) is 9.55. The van der Waals surface area contributed by atoms with Crippen LogP contribution in [0, 0.1) is 0 Å². The van der Waals surface area contributed by atoms with Crippen LogP contribution in [0.2, 0.25) is 5.02 Å². The van der Waals surface area contributed by atoms with E-state index in [1.807, 2.05) is 0 Å². The van der Waals surface area contributed by atoms with Crippen molar-refractivity contribution in [3.63, 3.8) is 0 Å². The molecule has 1 unspecified atom stereocenters. The second-order valence-corrected chi connectivity index (χ2v) is 5.64. The Morgan fingerprint density at radius 3 is 2.94 bits per heavy atom. The Morgan fingerprint density at radius 2 is 2.31 bits per heavy atom. The number of H-pyrrole nitrogens is 1. The number of rotatable bonds is 2. The van der Waals surface area contributed by atoms with Crippen LogP contribution in [0.3, 0.4) is 0 Å². The Bertz CT molecular complexity index is 593. The number of sulfone groups is 1. The van der Waals surface area contributed by atoms with Gasteiger partial charge in [0.15, 0.2) is 9.84 Å². The zero-order chi connectivity index (χ0) is 11.8. The van der Waals surface area contributed by atoms with E-state index in [-0.39, 0.29) is 16.8 Å². The fraction of sp³-hybridized carbons (Fsp3) is 0.250. The van der Waals surface area contributed by atoms with E-state index in [0.717, 1.165) is 5.41 Å². The van der Waals surface area contributed by atoms with E-state index < -0.39 is 15.4 Å². The number of aromatic amines is 1. The van der Waals surface area contributed by atoms with Crippen molar-refractivity contribution in [2.75, 3.05) is 11.1 Å². The van der Waals surface area contributed by atoms with Gasteiger partial charge in [-0.2, -0.15) is 5.10 Å². The molecule has 0 saturated heterocycles. The van der Waals surface area contributed by atoms with E-state index in [1.165, 1.54) is 12.3 Å². The summed E-state index contributed by atoms with van der Waals surface area (Å²) in [6.07, 6.45) is 2.84. The van der Waals surface area contributed by atoms with Crippen molar-refractivity contribution < 1.29 is 8.42 Å². The summed E-state index contributed by atoms with van der Waals surface area (Å²) in [6, 6.07) is -0.383. The molecule has 2 rings (SSSR count). The molecule has 1 aromatic heterocycles. The second-order valence-electron chi connectivity index (χ2n) is 3.34. The minimum Gasteiger partial charge on any atom is -0.375 e. The van der Waals surface area contributed by atoms with Crippen LogP contribution >= 0.6 is 11.6 Å². The number of hydrogen-bond acceptors (Lipinski definition) is 5. The quantitative estimate of drug-likeness (QED) is 0.790. The molecule has 16 heavy (non-hydrogen) atoms. The normalized spacial score (nSPS) is 22.2. The number of nitrogens with one attached hydrogen (secondary N) is 2. The number of hydrogen-bond donors (Lipinski definition) is 2. The molecule has 1 aliphatic rings. The first-order valence-electron chi connectivity index (χ1n) is 4.38. The maximum atomic E-state index is 11.1. The first-order valence-corrected chi connectivity index (χ1v) is 6.48. The summed E-state index contributed by atoms with van der Waals surface area (Å²) in [5, 5.41) is 9.66. The number of nitrogens with zero attached hydrogens (tertiary/aromatic N) is 1. The Labute approximate surface area is 96.2 Å². The van der Waals surface area contributed by atoms with Crippen LogP contribution in [0.5, 0.6) is 0 Å². The van der Waals surface area contributed by atoms with E-state index in [9.17, 15) is 13.2 Å². The van der Waals surface area contributed by atoms with Crippen molar-refractivity contribution in [3.05, 3.63) is 33.1 Å². The van der Waals surface area contributed by atoms with Crippen molar-refractivity contribution >= 4 is 27.1 Å². The predicted molar refractivity (Wildman–Crippen MR) is 60.2 cm³/mol. The fourth-order valence-corrected chi connectivity index (χ4v) is 2.73. The summed E-state index contributed by atoms with van der Waals surface area (Å²) < 4.78 is 22.3. The van der Waals surface area contributed by atoms with Crippen LogP contribution in [0.25, 0.3) is 0 Å². The van der Waals surface area contributed by atoms with Crippen molar-refractivity contribution in [1.29, 1.82) is 0 Å². The molecule has 8 heteroatoms. The molecule has 0 aliphatic carbocycles. The SMILES string of the molecule is O=c1[nH]ncc(NC2C=CS(=O)(=O)C2)c1Cl. The van der Waals surface area contributed by atoms with E-state index in [0.29, 0.717) is 5.69 Å². The van der Waals surface area contributed by atoms with E-state index in [1.54, 1.807) is 0 Å². The van der Waals surface area contributed by atoms with Gasteiger partial charge in [-0.3, -0.25) is 4.79 Å². The molecule has 1 atom stereocenters. The summed E-state index contributed by atoms with van der Waals surface area (Å²) in [4.78, 5) is 11.1. The Hall–Kier alpha value is -1.34. The van der Waals surface area contributed by atoms with Gasteiger partial charge in [0.05, 0.1) is 23.7 Å². The first-order chi connectivity index (χ1) is 7.48. The van der Waals surface area contributed by atoms with Crippen molar-refractivity contribution in [2.45, 2.75) is 6.04 Å². The van der Waals surface area contributed by atoms with Crippen LogP contribution in [0.1, 0.15) is 0 Å². The molecule has 86 valence electrons. The van der Waals surface area contributed by atoms with Gasteiger partial charge in [0.2, 0.25) is 0 Å². The molecule has 6 nitrogen and oxygen atoms in total. The molecular weight excluding hydrogens is 254 g/mol. The standard InChI is InChI=1S/C8H8ClN3O3S/c9-7-6(3-10-12-8(7)13)11-5-1-2-16(14,15)4-5/h1-3,5H,4H2,(H2,11,12,13). The molecule has 1 aliphatic heterocycles. The maximum absolute atomic E-state index is 11.1. The lowest BCUT2D eigenvalue weighted by Gasteiger charge is -2.11. The van der Waals surface area contributed by atoms with Crippen molar-refractivity contribution in [3.8, 4) is 0 Å². The van der Waals surface area contributed by atoms with Gasteiger partial charge in [-0.25, -0.2) is 13.5 Å². The average Bonchev–Trinajstić information content (AvgIpc) is 2.53. The lowest BCUT2D eigenvalue weighted by Crippen LogP contribution is -2.23. The monoisotopic (exact) mass is 261 g/mol. The lowest BCUT2D eigenvalue weighted by atomic mass is 10.3. The number of aromatic nitrogens is 2. The summed E-state index contributed by atoms with van der Waals surface area (Å²) in [7, 11) is -3.13. The molecule has 0 radical (unpaired) electrons. The Kier molecular flexibility index (Phi) is 2.73. The minimum absolute atomic E-state index is 0.0345. The largest absolute Gasteiger partial charge is 0.375 e. The van der Waals surface area contributed by atoms with Gasteiger partial charge in [-0.1, -0.05) is 17.7 Å². The molecule has 0 amide bonds. The third-order valence-corrected chi connectivity index (χ3v) is 3.84. The molecular formula is C8H8ClN3O3S. The summed E-state index contributed by atoms with van der Waals surface area (Å²) in [5.41, 5.74) is -0.200. The van der Waals surface area contributed by atoms with Crippen LogP contribution in [0.15, 0.2) is 22.5 Å². The fourth-order valence-electron chi connectivity index (χ4n) is 1.35. The summed E-state index contributed by atoms with van der Waals surface area (Å²) >= 11 is 5.72. The van der Waals surface area contributed by atoms with Gasteiger partial charge in [-0.05, 0) is 0 Å². The zero-order valence-electron chi connectivity index (χ0n) is 7.97. The van der Waals surface area contributed by atoms with Gasteiger partial charge in [-0.15, -0.1) is 0 Å². The van der Waals surface area contributed by atoms with Gasteiger partial charge < -0.3 is 5.32 Å². The van der Waals surface area contributed by atoms with Gasteiger partial charge in [0, 0.05) is 5.41 Å². The lowest BCUT2D eigenvalue weighted by molar-refractivity contribution is 0.605. The van der Waals surface area contributed by atoms with Gasteiger partial charge in [0.1, 0.15) is 5.02 Å². The van der Waals surface area contributed by atoms with E-state index >= 15 is 0 Å². The van der Waals surface area contributed by atoms with Crippen molar-refractivity contribution in [2.24, 2.45) is 0 Å². The summed E-state index contributed by atoms with van der Waals surface area (Å²) in [6.45, 7) is 0. The molecule has 1 aromatic rings. The smallest absolute Gasteiger partial charge is 0.285 e. The van der Waals surface area contributed by atoms with Crippen LogP contribution in [-0.2, 0) is 9.84 Å². The second kappa shape index (κ2) is 3.91. The van der Waals surface area contributed by atoms with Crippen LogP contribution < -0.4 is 10.9 Å². The highest BCUT2D eigenvalue weighted by atomic mass is 35.5. The van der Waals surface area contributed by atoms with Crippen molar-refractivity contribution in [1.82, 2.24) is 10.2 Å². The number of halogens is 1. The maximum Gasteiger partial charge on any atom is 0.285 e. The highest BCUT2D eigenvalue weighted by Gasteiger charge is 2.22. The highest BCUT2D eigenvalue weighted by molar-refractivity contribution is 7.94. The Balaban J connectivity index is 2.21. The van der Waals surface area contributed by atoms with E-state index in [2.05, 4.69) is 15.5 Å².